The van der Waals surface area contributed by atoms with Gasteiger partial charge in [-0.15, -0.1) is 0 Å². The quantitative estimate of drug-likeness (QED) is 0.0790. The number of ether oxygens (including phenoxy) is 1. The Morgan fingerprint density at radius 3 is 2.45 bits per heavy atom. The van der Waals surface area contributed by atoms with Crippen molar-refractivity contribution in [1.29, 1.82) is 0 Å². The zero-order chi connectivity index (χ0) is 39.6. The Balaban J connectivity index is 0.985. The number of aryl methyl sites for hydroxylation is 1. The lowest BCUT2D eigenvalue weighted by Gasteiger charge is -2.38. The van der Waals surface area contributed by atoms with Crippen LogP contribution in [0.1, 0.15) is 36.8 Å². The lowest BCUT2D eigenvalue weighted by Crippen LogP contribution is -2.47. The minimum Gasteiger partial charge on any atom is -0.494 e. The van der Waals surface area contributed by atoms with E-state index in [2.05, 4.69) is 100 Å². The molecular formula is C40H46BrN10O4P. The summed E-state index contributed by atoms with van der Waals surface area (Å²) >= 11 is 3.57. The van der Waals surface area contributed by atoms with Gasteiger partial charge in [-0.25, -0.2) is 4.98 Å². The summed E-state index contributed by atoms with van der Waals surface area (Å²) in [6.45, 7) is 8.19. The Kier molecular flexibility index (Phi) is 11.6. The topological polar surface area (TPSA) is 167 Å². The number of amides is 2. The molecule has 7 rings (SSSR count). The molecule has 0 aliphatic carbocycles. The molecule has 2 fully saturated rings. The van der Waals surface area contributed by atoms with Crippen molar-refractivity contribution in [3.8, 4) is 5.75 Å². The number of anilines is 6. The molecule has 3 aromatic carbocycles. The van der Waals surface area contributed by atoms with Crippen LogP contribution in [0.4, 0.5) is 34.5 Å². The normalized spacial score (nSPS) is 16.6. The van der Waals surface area contributed by atoms with Crippen LogP contribution in [0.25, 0.3) is 11.0 Å². The van der Waals surface area contributed by atoms with Crippen LogP contribution < -0.4 is 36.2 Å². The van der Waals surface area contributed by atoms with E-state index in [1.165, 1.54) is 5.56 Å². The number of nitrogens with one attached hydrogen (secondary N) is 4. The van der Waals surface area contributed by atoms with Crippen molar-refractivity contribution in [1.82, 2.24) is 30.2 Å². The Hall–Kier alpha value is -5.11. The van der Waals surface area contributed by atoms with Gasteiger partial charge in [-0.3, -0.25) is 29.8 Å². The fourth-order valence-corrected chi connectivity index (χ4v) is 9.10. The molecule has 0 radical (unpaired) electrons. The van der Waals surface area contributed by atoms with Gasteiger partial charge in [-0.05, 0) is 104 Å². The first-order valence-electron chi connectivity index (χ1n) is 18.5. The smallest absolute Gasteiger partial charge is 0.249 e. The summed E-state index contributed by atoms with van der Waals surface area (Å²) in [4.78, 5) is 46.6. The maximum absolute atomic E-state index is 13.5. The van der Waals surface area contributed by atoms with Gasteiger partial charge in [0.2, 0.25) is 17.8 Å². The van der Waals surface area contributed by atoms with Crippen LogP contribution in [0.15, 0.2) is 71.6 Å². The Labute approximate surface area is 334 Å². The molecule has 2 saturated heterocycles. The SMILES string of the molecule is COc1cc(N2CCC(N(C)Cc3ccc(NC4CCC(=O)NC4=O)cc3)CC2)c(C)cc1Nc1ncc(Br)c(Nc2ccc3nccnc3c2P(C)(C)=O)n1. The van der Waals surface area contributed by atoms with Crippen LogP contribution in [0.2, 0.25) is 0 Å². The molecule has 4 heterocycles. The Morgan fingerprint density at radius 1 is 0.982 bits per heavy atom. The van der Waals surface area contributed by atoms with Crippen molar-refractivity contribution in [2.75, 3.05) is 61.4 Å². The summed E-state index contributed by atoms with van der Waals surface area (Å²) in [5.74, 6) is 1.05. The number of rotatable bonds is 12. The number of methoxy groups -OCH3 is 1. The molecule has 2 aliphatic heterocycles. The van der Waals surface area contributed by atoms with Gasteiger partial charge in [0.15, 0.2) is 0 Å². The molecule has 2 amide bonds. The van der Waals surface area contributed by atoms with Crippen LogP contribution in [-0.2, 0) is 20.7 Å². The van der Waals surface area contributed by atoms with Crippen molar-refractivity contribution < 1.29 is 18.9 Å². The maximum Gasteiger partial charge on any atom is 0.249 e. The number of carbonyl (C=O) groups excluding carboxylic acids is 2. The zero-order valence-electron chi connectivity index (χ0n) is 32.1. The molecule has 5 aromatic rings. The molecule has 16 heteroatoms. The number of piperidine rings is 2. The number of hydrogen-bond donors (Lipinski definition) is 4. The highest BCUT2D eigenvalue weighted by Gasteiger charge is 2.28. The molecule has 1 unspecified atom stereocenters. The second kappa shape index (κ2) is 16.5. The molecule has 1 atom stereocenters. The van der Waals surface area contributed by atoms with Crippen molar-refractivity contribution in [3.63, 3.8) is 0 Å². The number of aromatic nitrogens is 4. The minimum absolute atomic E-state index is 0.216. The molecule has 14 nitrogen and oxygen atoms in total. The molecule has 0 saturated carbocycles. The first kappa shape index (κ1) is 39.1. The summed E-state index contributed by atoms with van der Waals surface area (Å²) in [6, 6.07) is 16.1. The van der Waals surface area contributed by atoms with E-state index >= 15 is 0 Å². The zero-order valence-corrected chi connectivity index (χ0v) is 34.6. The van der Waals surface area contributed by atoms with Gasteiger partial charge in [-0.2, -0.15) is 4.98 Å². The van der Waals surface area contributed by atoms with Crippen LogP contribution in [0.5, 0.6) is 5.75 Å². The fraction of sp³-hybridized carbons (Fsp3) is 0.350. The standard InChI is InChI=1S/C40H46BrN10O4P/c1-24-20-32(47-40-44-22-28(41)38(49-40)46-30-11-10-29-36(43-17-16-42-29)37(30)56(4,5)54)34(55-3)21-33(24)51-18-14-27(15-19-51)50(2)23-25-6-8-26(9-7-25)45-31-12-13-35(52)48-39(31)53/h6-11,16-17,20-22,27,31,45H,12-15,18-19,23H2,1-5H3,(H,48,52,53)(H2,44,46,47,49). The predicted molar refractivity (Wildman–Crippen MR) is 226 cm³/mol. The summed E-state index contributed by atoms with van der Waals surface area (Å²) in [5.41, 5.74) is 6.94. The van der Waals surface area contributed by atoms with Gasteiger partial charge in [0.05, 0.1) is 33.8 Å². The van der Waals surface area contributed by atoms with Crippen molar-refractivity contribution in [3.05, 3.63) is 82.7 Å². The highest BCUT2D eigenvalue weighted by atomic mass is 79.9. The largest absolute Gasteiger partial charge is 0.494 e. The number of benzene rings is 3. The van der Waals surface area contributed by atoms with Gasteiger partial charge in [0.1, 0.15) is 30.3 Å². The number of imide groups is 1. The van der Waals surface area contributed by atoms with Gasteiger partial charge in [-0.1, -0.05) is 12.1 Å². The Morgan fingerprint density at radius 2 is 1.73 bits per heavy atom. The lowest BCUT2D eigenvalue weighted by molar-refractivity contribution is -0.133. The first-order chi connectivity index (χ1) is 26.9. The van der Waals surface area contributed by atoms with Crippen molar-refractivity contribution in [2.45, 2.75) is 51.2 Å². The van der Waals surface area contributed by atoms with Crippen LogP contribution >= 0.6 is 23.1 Å². The van der Waals surface area contributed by atoms with E-state index in [0.29, 0.717) is 62.9 Å². The van der Waals surface area contributed by atoms with Crippen LogP contribution in [0, 0.1) is 6.92 Å². The van der Waals surface area contributed by atoms with Gasteiger partial charge in [0.25, 0.3) is 0 Å². The van der Waals surface area contributed by atoms with E-state index in [-0.39, 0.29) is 11.8 Å². The fourth-order valence-electron chi connectivity index (χ4n) is 7.42. The van der Waals surface area contributed by atoms with Gasteiger partial charge < -0.3 is 30.2 Å². The van der Waals surface area contributed by atoms with E-state index in [1.807, 2.05) is 24.3 Å². The molecule has 2 aliphatic rings. The number of hydrogen-bond acceptors (Lipinski definition) is 13. The van der Waals surface area contributed by atoms with Crippen LogP contribution in [0.3, 0.4) is 0 Å². The summed E-state index contributed by atoms with van der Waals surface area (Å²) in [6.07, 6.45) is 7.78. The highest BCUT2D eigenvalue weighted by Crippen LogP contribution is 2.42. The second-order valence-electron chi connectivity index (χ2n) is 14.7. The molecular weight excluding hydrogens is 795 g/mol. The lowest BCUT2D eigenvalue weighted by atomic mass is 10.0. The van der Waals surface area contributed by atoms with Crippen molar-refractivity contribution >= 4 is 85.7 Å². The van der Waals surface area contributed by atoms with Gasteiger partial charge in [0, 0.05) is 68.1 Å². The second-order valence-corrected chi connectivity index (χ2v) is 18.7. The average Bonchev–Trinajstić information content (AvgIpc) is 3.17. The highest BCUT2D eigenvalue weighted by molar-refractivity contribution is 9.10. The molecule has 56 heavy (non-hydrogen) atoms. The number of fused-ring (bicyclic) bond motifs is 1. The van der Waals surface area contributed by atoms with E-state index in [0.717, 1.165) is 55.1 Å². The predicted octanol–water partition coefficient (Wildman–Crippen LogP) is 6.55. The minimum atomic E-state index is -2.77. The maximum atomic E-state index is 13.5. The van der Waals surface area contributed by atoms with E-state index < -0.39 is 13.2 Å². The average molecular weight is 842 g/mol. The third-order valence-corrected chi connectivity index (χ3v) is 12.4. The Bertz CT molecular complexity index is 2310. The summed E-state index contributed by atoms with van der Waals surface area (Å²) < 4.78 is 20.0. The van der Waals surface area contributed by atoms with Gasteiger partial charge >= 0.3 is 0 Å². The first-order valence-corrected chi connectivity index (χ1v) is 21.9. The number of halogens is 1. The van der Waals surface area contributed by atoms with E-state index in [9.17, 15) is 14.2 Å². The van der Waals surface area contributed by atoms with E-state index in [4.69, 9.17) is 9.72 Å². The van der Waals surface area contributed by atoms with E-state index in [1.54, 1.807) is 39.0 Å². The molecule has 2 aromatic heterocycles. The number of nitrogens with zero attached hydrogens (tertiary/aromatic N) is 6. The third kappa shape index (κ3) is 8.80. The van der Waals surface area contributed by atoms with Crippen LogP contribution in [-0.4, -0.2) is 89.3 Å². The third-order valence-electron chi connectivity index (χ3n) is 10.3. The molecule has 0 bridgehead atoms. The molecule has 292 valence electrons. The molecule has 0 spiro atoms. The summed E-state index contributed by atoms with van der Waals surface area (Å²) in [5, 5.41) is 13.0. The number of carbonyl (C=O) groups is 2. The monoisotopic (exact) mass is 840 g/mol. The molecule has 4 N–H and O–H groups in total. The van der Waals surface area contributed by atoms with Crippen molar-refractivity contribution in [2.24, 2.45) is 0 Å². The summed E-state index contributed by atoms with van der Waals surface area (Å²) in [7, 11) is 1.07.